The second-order valence-electron chi connectivity index (χ2n) is 5.99. The van der Waals surface area contributed by atoms with Crippen molar-refractivity contribution in [1.29, 1.82) is 0 Å². The number of ether oxygens (including phenoxy) is 1. The lowest BCUT2D eigenvalue weighted by molar-refractivity contribution is 0.113. The van der Waals surface area contributed by atoms with Crippen molar-refractivity contribution in [2.45, 2.75) is 45.3 Å². The summed E-state index contributed by atoms with van der Waals surface area (Å²) in [5.74, 6) is 0. The van der Waals surface area contributed by atoms with Crippen LogP contribution in [0.25, 0.3) is 0 Å². The van der Waals surface area contributed by atoms with Gasteiger partial charge < -0.3 is 9.84 Å². The number of hydrogen-bond donors (Lipinski definition) is 1. The Kier molecular flexibility index (Phi) is 5.58. The van der Waals surface area contributed by atoms with Crippen molar-refractivity contribution in [2.24, 2.45) is 0 Å². The first-order valence-electron chi connectivity index (χ1n) is 7.59. The van der Waals surface area contributed by atoms with Gasteiger partial charge >= 0.3 is 0 Å². The van der Waals surface area contributed by atoms with Crippen LogP contribution in [-0.4, -0.2) is 42.9 Å². The van der Waals surface area contributed by atoms with Gasteiger partial charge in [-0.05, 0) is 38.7 Å². The van der Waals surface area contributed by atoms with E-state index < -0.39 is 0 Å². The molecular formula is C17H27NO2. The van der Waals surface area contributed by atoms with Crippen LogP contribution in [-0.2, 0) is 4.74 Å². The van der Waals surface area contributed by atoms with Crippen LogP contribution >= 0.6 is 0 Å². The number of aryl methyl sites for hydroxylation is 2. The van der Waals surface area contributed by atoms with Gasteiger partial charge in [0.05, 0.1) is 12.7 Å². The zero-order chi connectivity index (χ0) is 14.5. The molecule has 0 radical (unpaired) electrons. The monoisotopic (exact) mass is 277 g/mol. The predicted molar refractivity (Wildman–Crippen MR) is 82.0 cm³/mol. The Bertz CT molecular complexity index is 409. The number of methoxy groups -OCH3 is 1. The predicted octanol–water partition coefficient (Wildman–Crippen LogP) is 2.84. The highest BCUT2D eigenvalue weighted by Gasteiger charge is 2.28. The molecule has 0 spiro atoms. The van der Waals surface area contributed by atoms with E-state index in [9.17, 15) is 5.11 Å². The van der Waals surface area contributed by atoms with Crippen LogP contribution in [0.4, 0.5) is 0 Å². The fraction of sp³-hybridized carbons (Fsp3) is 0.647. The molecule has 0 saturated heterocycles. The van der Waals surface area contributed by atoms with Crippen LogP contribution in [0, 0.1) is 13.8 Å². The summed E-state index contributed by atoms with van der Waals surface area (Å²) in [7, 11) is 1.75. The normalized spacial score (nSPS) is 16.6. The maximum absolute atomic E-state index is 10.4. The van der Waals surface area contributed by atoms with E-state index in [1.807, 2.05) is 0 Å². The highest BCUT2D eigenvalue weighted by Crippen LogP contribution is 2.28. The maximum atomic E-state index is 10.4. The second kappa shape index (κ2) is 7.21. The van der Waals surface area contributed by atoms with Crippen LogP contribution in [0.1, 0.15) is 42.1 Å². The Balaban J connectivity index is 1.87. The molecule has 1 atom stereocenters. The minimum absolute atomic E-state index is 0.364. The van der Waals surface area contributed by atoms with Crippen LogP contribution in [0.3, 0.4) is 0 Å². The molecular weight excluding hydrogens is 250 g/mol. The molecule has 1 unspecified atom stereocenters. The largest absolute Gasteiger partial charge is 0.388 e. The summed E-state index contributed by atoms with van der Waals surface area (Å²) in [6.07, 6.45) is 3.02. The SMILES string of the molecule is COCCN(CCC(O)c1cc(C)cc(C)c1)C1CC1. The lowest BCUT2D eigenvalue weighted by Crippen LogP contribution is -2.31. The minimum atomic E-state index is -0.364. The highest BCUT2D eigenvalue weighted by molar-refractivity contribution is 5.29. The summed E-state index contributed by atoms with van der Waals surface area (Å²) in [4.78, 5) is 2.45. The molecule has 1 aliphatic carbocycles. The number of nitrogens with zero attached hydrogens (tertiary/aromatic N) is 1. The number of aliphatic hydroxyl groups excluding tert-OH is 1. The van der Waals surface area contributed by atoms with E-state index in [0.29, 0.717) is 0 Å². The van der Waals surface area contributed by atoms with Crippen molar-refractivity contribution in [2.75, 3.05) is 26.8 Å². The second-order valence-corrected chi connectivity index (χ2v) is 5.99. The average Bonchev–Trinajstić information content (AvgIpc) is 3.22. The molecule has 1 aromatic carbocycles. The number of rotatable bonds is 8. The van der Waals surface area contributed by atoms with Gasteiger partial charge in [-0.15, -0.1) is 0 Å². The molecule has 0 aromatic heterocycles. The first kappa shape index (κ1) is 15.5. The van der Waals surface area contributed by atoms with E-state index >= 15 is 0 Å². The Hall–Kier alpha value is -0.900. The summed E-state index contributed by atoms with van der Waals surface area (Å²) in [6, 6.07) is 7.05. The van der Waals surface area contributed by atoms with Gasteiger partial charge in [-0.1, -0.05) is 29.3 Å². The zero-order valence-electron chi connectivity index (χ0n) is 12.9. The van der Waals surface area contributed by atoms with E-state index in [1.165, 1.54) is 24.0 Å². The third kappa shape index (κ3) is 4.58. The van der Waals surface area contributed by atoms with E-state index in [2.05, 4.69) is 36.9 Å². The summed E-state index contributed by atoms with van der Waals surface area (Å²) in [6.45, 7) is 6.86. The van der Waals surface area contributed by atoms with Crippen LogP contribution in [0.15, 0.2) is 18.2 Å². The van der Waals surface area contributed by atoms with Gasteiger partial charge in [0.25, 0.3) is 0 Å². The fourth-order valence-corrected chi connectivity index (χ4v) is 2.78. The van der Waals surface area contributed by atoms with Gasteiger partial charge in [0.2, 0.25) is 0 Å². The van der Waals surface area contributed by atoms with E-state index in [4.69, 9.17) is 4.74 Å². The van der Waals surface area contributed by atoms with E-state index in [0.717, 1.165) is 37.7 Å². The molecule has 2 rings (SSSR count). The fourth-order valence-electron chi connectivity index (χ4n) is 2.78. The molecule has 1 N–H and O–H groups in total. The molecule has 1 fully saturated rings. The third-order valence-electron chi connectivity index (χ3n) is 3.96. The van der Waals surface area contributed by atoms with Gasteiger partial charge in [0, 0.05) is 26.2 Å². The standard InChI is InChI=1S/C17H27NO2/c1-13-10-14(2)12-15(11-13)17(19)6-7-18(8-9-20-3)16-4-5-16/h10-12,16-17,19H,4-9H2,1-3H3. The number of hydrogen-bond acceptors (Lipinski definition) is 3. The van der Waals surface area contributed by atoms with Crippen molar-refractivity contribution >= 4 is 0 Å². The lowest BCUT2D eigenvalue weighted by Gasteiger charge is -2.23. The zero-order valence-corrected chi connectivity index (χ0v) is 12.9. The molecule has 0 bridgehead atoms. The van der Waals surface area contributed by atoms with Crippen molar-refractivity contribution < 1.29 is 9.84 Å². The number of benzene rings is 1. The summed E-state index contributed by atoms with van der Waals surface area (Å²) in [5, 5.41) is 10.4. The lowest BCUT2D eigenvalue weighted by atomic mass is 10.0. The molecule has 0 aliphatic heterocycles. The summed E-state index contributed by atoms with van der Waals surface area (Å²) in [5.41, 5.74) is 3.49. The van der Waals surface area contributed by atoms with Crippen LogP contribution in [0.5, 0.6) is 0 Å². The summed E-state index contributed by atoms with van der Waals surface area (Å²) < 4.78 is 5.17. The molecule has 1 saturated carbocycles. The van der Waals surface area contributed by atoms with Gasteiger partial charge in [-0.2, -0.15) is 0 Å². The maximum Gasteiger partial charge on any atom is 0.0802 e. The molecule has 112 valence electrons. The smallest absolute Gasteiger partial charge is 0.0802 e. The molecule has 1 aliphatic rings. The van der Waals surface area contributed by atoms with Gasteiger partial charge in [0.15, 0.2) is 0 Å². The number of aliphatic hydroxyl groups is 1. The van der Waals surface area contributed by atoms with Gasteiger partial charge in [-0.25, -0.2) is 0 Å². The van der Waals surface area contributed by atoms with Crippen molar-refractivity contribution in [3.8, 4) is 0 Å². The third-order valence-corrected chi connectivity index (χ3v) is 3.96. The quantitative estimate of drug-likeness (QED) is 0.793. The molecule has 1 aromatic rings. The van der Waals surface area contributed by atoms with Gasteiger partial charge in [0.1, 0.15) is 0 Å². The Labute approximate surface area is 122 Å². The Morgan fingerprint density at radius 2 is 1.85 bits per heavy atom. The van der Waals surface area contributed by atoms with E-state index in [1.54, 1.807) is 7.11 Å². The Morgan fingerprint density at radius 1 is 1.20 bits per heavy atom. The van der Waals surface area contributed by atoms with E-state index in [-0.39, 0.29) is 6.10 Å². The average molecular weight is 277 g/mol. The summed E-state index contributed by atoms with van der Waals surface area (Å²) >= 11 is 0. The van der Waals surface area contributed by atoms with Crippen molar-refractivity contribution in [1.82, 2.24) is 4.90 Å². The first-order chi connectivity index (χ1) is 9.60. The Morgan fingerprint density at radius 3 is 2.40 bits per heavy atom. The van der Waals surface area contributed by atoms with Crippen LogP contribution < -0.4 is 0 Å². The first-order valence-corrected chi connectivity index (χ1v) is 7.59. The van der Waals surface area contributed by atoms with Crippen molar-refractivity contribution in [3.05, 3.63) is 34.9 Å². The topological polar surface area (TPSA) is 32.7 Å². The molecule has 3 nitrogen and oxygen atoms in total. The molecule has 20 heavy (non-hydrogen) atoms. The molecule has 0 amide bonds. The van der Waals surface area contributed by atoms with Gasteiger partial charge in [-0.3, -0.25) is 4.90 Å². The highest BCUT2D eigenvalue weighted by atomic mass is 16.5. The van der Waals surface area contributed by atoms with Crippen LogP contribution in [0.2, 0.25) is 0 Å². The van der Waals surface area contributed by atoms with Crippen molar-refractivity contribution in [3.63, 3.8) is 0 Å². The molecule has 0 heterocycles. The minimum Gasteiger partial charge on any atom is -0.388 e. The molecule has 3 heteroatoms.